The van der Waals surface area contributed by atoms with Gasteiger partial charge in [0.25, 0.3) is 5.91 Å². The molecule has 0 aliphatic carbocycles. The normalized spacial score (nSPS) is 15.0. The van der Waals surface area contributed by atoms with Crippen molar-refractivity contribution < 1.29 is 9.18 Å². The summed E-state index contributed by atoms with van der Waals surface area (Å²) in [5.41, 5.74) is 5.29. The number of nitrogens with zero attached hydrogens (tertiary/aromatic N) is 1. The zero-order valence-corrected chi connectivity index (χ0v) is 16.3. The maximum Gasteiger partial charge on any atom is 0.251 e. The topological polar surface area (TPSA) is 44.4 Å². The molecule has 0 aromatic heterocycles. The van der Waals surface area contributed by atoms with Crippen LogP contribution in [0.4, 0.5) is 10.1 Å². The molecule has 2 aromatic rings. The van der Waals surface area contributed by atoms with E-state index in [-0.39, 0.29) is 17.8 Å². The van der Waals surface area contributed by atoms with E-state index in [1.54, 1.807) is 0 Å². The number of benzene rings is 2. The Morgan fingerprint density at radius 2 is 1.70 bits per heavy atom. The average Bonchev–Trinajstić information content (AvgIpc) is 2.66. The van der Waals surface area contributed by atoms with Crippen LogP contribution in [0.5, 0.6) is 0 Å². The van der Waals surface area contributed by atoms with E-state index in [0.29, 0.717) is 0 Å². The van der Waals surface area contributed by atoms with Crippen molar-refractivity contribution in [2.75, 3.05) is 25.0 Å². The molecular formula is C22H28FN3O. The Balaban J connectivity index is 1.59. The van der Waals surface area contributed by atoms with Crippen LogP contribution in [0.2, 0.25) is 0 Å². The molecule has 0 atom stereocenters. The molecule has 0 spiro atoms. The van der Waals surface area contributed by atoms with Crippen molar-refractivity contribution in [1.29, 1.82) is 0 Å². The Labute approximate surface area is 160 Å². The van der Waals surface area contributed by atoms with E-state index in [2.05, 4.69) is 29.4 Å². The summed E-state index contributed by atoms with van der Waals surface area (Å²) in [6, 6.07) is 10.7. The van der Waals surface area contributed by atoms with Crippen LogP contribution in [0, 0.1) is 19.7 Å². The molecule has 1 saturated heterocycles. The predicted molar refractivity (Wildman–Crippen MR) is 108 cm³/mol. The third kappa shape index (κ3) is 4.66. The van der Waals surface area contributed by atoms with Gasteiger partial charge in [-0.2, -0.15) is 0 Å². The van der Waals surface area contributed by atoms with Gasteiger partial charge < -0.3 is 15.5 Å². The van der Waals surface area contributed by atoms with Crippen molar-refractivity contribution in [2.45, 2.75) is 39.3 Å². The Bertz CT molecular complexity index is 773. The summed E-state index contributed by atoms with van der Waals surface area (Å²) in [5, 5.41) is 6.36. The maximum absolute atomic E-state index is 13.1. The highest BCUT2D eigenvalue weighted by Crippen LogP contribution is 2.21. The minimum atomic E-state index is -0.216. The summed E-state index contributed by atoms with van der Waals surface area (Å²) in [6.45, 7) is 6.63. The second-order valence-corrected chi connectivity index (χ2v) is 7.33. The number of hydrogen-bond donors (Lipinski definition) is 2. The minimum absolute atomic E-state index is 0.00237. The van der Waals surface area contributed by atoms with Gasteiger partial charge in [0.05, 0.1) is 0 Å². The van der Waals surface area contributed by atoms with Crippen LogP contribution < -0.4 is 15.5 Å². The largest absolute Gasteiger partial charge is 0.371 e. The molecule has 0 bridgehead atoms. The lowest BCUT2D eigenvalue weighted by molar-refractivity contribution is 0.0931. The van der Waals surface area contributed by atoms with Gasteiger partial charge in [-0.05, 0) is 86.8 Å². The number of hydrogen-bond acceptors (Lipinski definition) is 3. The average molecular weight is 369 g/mol. The Kier molecular flexibility index (Phi) is 6.11. The lowest BCUT2D eigenvalue weighted by atomic mass is 9.98. The zero-order chi connectivity index (χ0) is 19.4. The number of nitrogens with one attached hydrogen (secondary N) is 2. The van der Waals surface area contributed by atoms with Crippen molar-refractivity contribution >= 4 is 11.6 Å². The van der Waals surface area contributed by atoms with E-state index in [4.69, 9.17) is 0 Å². The smallest absolute Gasteiger partial charge is 0.251 e. The van der Waals surface area contributed by atoms with Gasteiger partial charge in [-0.3, -0.25) is 4.79 Å². The van der Waals surface area contributed by atoms with Crippen molar-refractivity contribution in [2.24, 2.45) is 0 Å². The number of rotatable bonds is 5. The van der Waals surface area contributed by atoms with Gasteiger partial charge in [0, 0.05) is 36.9 Å². The molecule has 0 saturated carbocycles. The molecule has 1 aliphatic rings. The SMILES string of the molecule is CNCc1c(C)cc(C(=O)NC2CCN(c3ccc(F)cc3)CC2)cc1C. The molecule has 3 rings (SSSR count). The molecule has 144 valence electrons. The molecule has 4 nitrogen and oxygen atoms in total. The van der Waals surface area contributed by atoms with E-state index in [9.17, 15) is 9.18 Å². The summed E-state index contributed by atoms with van der Waals surface area (Å²) < 4.78 is 13.1. The molecule has 1 aliphatic heterocycles. The van der Waals surface area contributed by atoms with Gasteiger partial charge in [-0.1, -0.05) is 0 Å². The molecule has 1 heterocycles. The van der Waals surface area contributed by atoms with Gasteiger partial charge in [0.2, 0.25) is 0 Å². The van der Waals surface area contributed by atoms with Gasteiger partial charge in [-0.15, -0.1) is 0 Å². The van der Waals surface area contributed by atoms with Crippen LogP contribution in [-0.2, 0) is 6.54 Å². The molecule has 27 heavy (non-hydrogen) atoms. The van der Waals surface area contributed by atoms with Crippen molar-refractivity contribution in [3.63, 3.8) is 0 Å². The fourth-order valence-corrected chi connectivity index (χ4v) is 3.78. The first-order chi connectivity index (χ1) is 13.0. The Morgan fingerprint density at radius 3 is 2.26 bits per heavy atom. The van der Waals surface area contributed by atoms with E-state index < -0.39 is 0 Å². The Morgan fingerprint density at radius 1 is 1.11 bits per heavy atom. The highest BCUT2D eigenvalue weighted by atomic mass is 19.1. The fourth-order valence-electron chi connectivity index (χ4n) is 3.78. The second kappa shape index (κ2) is 8.53. The fraction of sp³-hybridized carbons (Fsp3) is 0.409. The molecule has 0 radical (unpaired) electrons. The van der Waals surface area contributed by atoms with Crippen LogP contribution in [-0.4, -0.2) is 32.1 Å². The van der Waals surface area contributed by atoms with Gasteiger partial charge in [0.15, 0.2) is 0 Å². The van der Waals surface area contributed by atoms with Gasteiger partial charge in [-0.25, -0.2) is 4.39 Å². The number of aryl methyl sites for hydroxylation is 2. The summed E-state index contributed by atoms with van der Waals surface area (Å²) in [7, 11) is 1.93. The second-order valence-electron chi connectivity index (χ2n) is 7.33. The number of carbonyl (C=O) groups is 1. The quantitative estimate of drug-likeness (QED) is 0.847. The number of anilines is 1. The van der Waals surface area contributed by atoms with Crippen LogP contribution in [0.1, 0.15) is 39.9 Å². The highest BCUT2D eigenvalue weighted by Gasteiger charge is 2.22. The van der Waals surface area contributed by atoms with Gasteiger partial charge >= 0.3 is 0 Å². The number of piperidine rings is 1. The van der Waals surface area contributed by atoms with Crippen LogP contribution in [0.15, 0.2) is 36.4 Å². The van der Waals surface area contributed by atoms with E-state index in [0.717, 1.165) is 54.9 Å². The van der Waals surface area contributed by atoms with E-state index in [1.807, 2.05) is 31.3 Å². The Hall–Kier alpha value is -2.40. The first-order valence-electron chi connectivity index (χ1n) is 9.54. The third-order valence-electron chi connectivity index (χ3n) is 5.33. The lowest BCUT2D eigenvalue weighted by Gasteiger charge is -2.34. The highest BCUT2D eigenvalue weighted by molar-refractivity contribution is 5.95. The van der Waals surface area contributed by atoms with Crippen molar-refractivity contribution in [3.8, 4) is 0 Å². The van der Waals surface area contributed by atoms with E-state index >= 15 is 0 Å². The lowest BCUT2D eigenvalue weighted by Crippen LogP contribution is -2.44. The summed E-state index contributed by atoms with van der Waals surface area (Å²) in [5.74, 6) is -0.218. The van der Waals surface area contributed by atoms with Crippen LogP contribution >= 0.6 is 0 Å². The monoisotopic (exact) mass is 369 g/mol. The molecule has 1 fully saturated rings. The summed E-state index contributed by atoms with van der Waals surface area (Å²) in [6.07, 6.45) is 1.78. The summed E-state index contributed by atoms with van der Waals surface area (Å²) in [4.78, 5) is 14.9. The molecule has 0 unspecified atom stereocenters. The van der Waals surface area contributed by atoms with Crippen LogP contribution in [0.3, 0.4) is 0 Å². The first-order valence-corrected chi connectivity index (χ1v) is 9.54. The number of amides is 1. The number of carbonyl (C=O) groups excluding carboxylic acids is 1. The molecular weight excluding hydrogens is 341 g/mol. The van der Waals surface area contributed by atoms with Gasteiger partial charge in [0.1, 0.15) is 5.82 Å². The first kappa shape index (κ1) is 19.4. The number of halogens is 1. The van der Waals surface area contributed by atoms with Crippen LogP contribution in [0.25, 0.3) is 0 Å². The molecule has 5 heteroatoms. The zero-order valence-electron chi connectivity index (χ0n) is 16.3. The molecule has 1 amide bonds. The van der Waals surface area contributed by atoms with Crippen molar-refractivity contribution in [3.05, 3.63) is 64.5 Å². The third-order valence-corrected chi connectivity index (χ3v) is 5.33. The van der Waals surface area contributed by atoms with Crippen molar-refractivity contribution in [1.82, 2.24) is 10.6 Å². The maximum atomic E-state index is 13.1. The molecule has 2 aromatic carbocycles. The predicted octanol–water partition coefficient (Wildman–Crippen LogP) is 3.56. The van der Waals surface area contributed by atoms with E-state index in [1.165, 1.54) is 17.7 Å². The summed E-state index contributed by atoms with van der Waals surface area (Å²) >= 11 is 0. The minimum Gasteiger partial charge on any atom is -0.371 e. The molecule has 2 N–H and O–H groups in total. The standard InChI is InChI=1S/C22H28FN3O/c1-15-12-17(13-16(2)21(15)14-24-3)22(27)25-19-8-10-26(11-9-19)20-6-4-18(23)5-7-20/h4-7,12-13,19,24H,8-11,14H2,1-3H3,(H,25,27).